The maximum Gasteiger partial charge on any atom is 0.265 e. The third-order valence-electron chi connectivity index (χ3n) is 2.79. The molecule has 0 aliphatic carbocycles. The molecular weight excluding hydrogens is 323 g/mol. The van der Waals surface area contributed by atoms with Crippen molar-refractivity contribution in [1.29, 1.82) is 0 Å². The number of amides is 1. The maximum atomic E-state index is 11.7. The van der Waals surface area contributed by atoms with Crippen LogP contribution in [0, 0.1) is 0 Å². The molecule has 0 heterocycles. The minimum Gasteiger partial charge on any atom is -0.385 e. The van der Waals surface area contributed by atoms with Gasteiger partial charge >= 0.3 is 0 Å². The summed E-state index contributed by atoms with van der Waals surface area (Å²) in [6, 6.07) is 14.0. The lowest BCUT2D eigenvalue weighted by atomic mass is 10.1. The van der Waals surface area contributed by atoms with E-state index < -0.39 is 0 Å². The van der Waals surface area contributed by atoms with Crippen molar-refractivity contribution in [3.63, 3.8) is 0 Å². The minimum atomic E-state index is -0.296. The first-order valence-electron chi connectivity index (χ1n) is 6.52. The average Bonchev–Trinajstić information content (AvgIpc) is 2.50. The van der Waals surface area contributed by atoms with Gasteiger partial charge in [0.1, 0.15) is 0 Å². The number of oxime groups is 1. The van der Waals surface area contributed by atoms with Gasteiger partial charge in [-0.05, 0) is 48.9 Å². The van der Waals surface area contributed by atoms with Crippen LogP contribution in [0.3, 0.4) is 0 Å². The third-order valence-corrected chi connectivity index (χ3v) is 3.29. The summed E-state index contributed by atoms with van der Waals surface area (Å²) in [4.78, 5) is 16.8. The van der Waals surface area contributed by atoms with Crippen molar-refractivity contribution in [2.75, 3.05) is 11.9 Å². The van der Waals surface area contributed by atoms with Gasteiger partial charge in [0.25, 0.3) is 5.91 Å². The third kappa shape index (κ3) is 5.06. The molecule has 0 radical (unpaired) electrons. The van der Waals surface area contributed by atoms with Gasteiger partial charge in [-0.15, -0.1) is 0 Å². The zero-order chi connectivity index (χ0) is 15.9. The summed E-state index contributed by atoms with van der Waals surface area (Å²) in [5.41, 5.74) is 2.19. The summed E-state index contributed by atoms with van der Waals surface area (Å²) >= 11 is 11.6. The van der Waals surface area contributed by atoms with Crippen molar-refractivity contribution in [2.24, 2.45) is 5.16 Å². The van der Waals surface area contributed by atoms with Crippen LogP contribution in [0.5, 0.6) is 0 Å². The smallest absolute Gasteiger partial charge is 0.265 e. The molecule has 2 rings (SSSR count). The number of anilines is 1. The van der Waals surface area contributed by atoms with E-state index in [4.69, 9.17) is 28.0 Å². The Hall–Kier alpha value is -2.04. The van der Waals surface area contributed by atoms with Gasteiger partial charge in [-0.2, -0.15) is 0 Å². The van der Waals surface area contributed by atoms with E-state index in [1.807, 2.05) is 12.1 Å². The van der Waals surface area contributed by atoms with Crippen LogP contribution in [0.4, 0.5) is 5.69 Å². The van der Waals surface area contributed by atoms with Gasteiger partial charge in [-0.3, -0.25) is 4.79 Å². The molecule has 0 fully saturated rings. The lowest BCUT2D eigenvalue weighted by Gasteiger charge is -2.05. The molecule has 0 aliphatic rings. The number of carbonyl (C=O) groups is 1. The first kappa shape index (κ1) is 16.3. The van der Waals surface area contributed by atoms with Crippen molar-refractivity contribution < 1.29 is 9.63 Å². The second kappa shape index (κ2) is 7.82. The van der Waals surface area contributed by atoms with Gasteiger partial charge in [0.2, 0.25) is 0 Å². The summed E-state index contributed by atoms with van der Waals surface area (Å²) in [7, 11) is 0. The van der Waals surface area contributed by atoms with Crippen LogP contribution < -0.4 is 5.32 Å². The molecule has 22 heavy (non-hydrogen) atoms. The lowest BCUT2D eigenvalue weighted by molar-refractivity contribution is -0.120. The Labute approximate surface area is 138 Å². The van der Waals surface area contributed by atoms with Crippen molar-refractivity contribution in [3.05, 3.63) is 64.1 Å². The summed E-state index contributed by atoms with van der Waals surface area (Å²) in [6.07, 6.45) is 0. The molecule has 0 atom stereocenters. The molecule has 4 nitrogen and oxygen atoms in total. The summed E-state index contributed by atoms with van der Waals surface area (Å²) < 4.78 is 0. The highest BCUT2D eigenvalue weighted by molar-refractivity contribution is 6.31. The molecule has 0 unspecified atom stereocenters. The highest BCUT2D eigenvalue weighted by Gasteiger charge is 2.03. The summed E-state index contributed by atoms with van der Waals surface area (Å²) in [6.45, 7) is 1.62. The van der Waals surface area contributed by atoms with Crippen molar-refractivity contribution in [2.45, 2.75) is 6.92 Å². The van der Waals surface area contributed by atoms with E-state index in [1.54, 1.807) is 43.3 Å². The number of rotatable bonds is 5. The summed E-state index contributed by atoms with van der Waals surface area (Å²) in [5.74, 6) is -0.296. The van der Waals surface area contributed by atoms with Gasteiger partial charge in [0, 0.05) is 15.7 Å². The molecule has 0 aliphatic heterocycles. The Bertz CT molecular complexity index is 668. The first-order valence-corrected chi connectivity index (χ1v) is 7.28. The van der Waals surface area contributed by atoms with Crippen LogP contribution in [0.2, 0.25) is 10.0 Å². The SMILES string of the molecule is CC(=NOCC(=O)Nc1ccc(Cl)cc1)c1ccc(Cl)cc1. The summed E-state index contributed by atoms with van der Waals surface area (Å²) in [5, 5.41) is 7.85. The monoisotopic (exact) mass is 336 g/mol. The number of nitrogens with zero attached hydrogens (tertiary/aromatic N) is 1. The fourth-order valence-corrected chi connectivity index (χ4v) is 1.91. The quantitative estimate of drug-likeness (QED) is 0.650. The Morgan fingerprint density at radius 1 is 1.05 bits per heavy atom. The predicted molar refractivity (Wildman–Crippen MR) is 89.7 cm³/mol. The zero-order valence-corrected chi connectivity index (χ0v) is 13.4. The van der Waals surface area contributed by atoms with E-state index in [0.717, 1.165) is 5.56 Å². The molecule has 0 bridgehead atoms. The van der Waals surface area contributed by atoms with E-state index >= 15 is 0 Å². The van der Waals surface area contributed by atoms with Gasteiger partial charge in [-0.25, -0.2) is 0 Å². The average molecular weight is 337 g/mol. The highest BCUT2D eigenvalue weighted by Crippen LogP contribution is 2.13. The van der Waals surface area contributed by atoms with E-state index in [-0.39, 0.29) is 12.5 Å². The highest BCUT2D eigenvalue weighted by atomic mass is 35.5. The van der Waals surface area contributed by atoms with Crippen LogP contribution >= 0.6 is 23.2 Å². The largest absolute Gasteiger partial charge is 0.385 e. The van der Waals surface area contributed by atoms with Crippen LogP contribution in [-0.2, 0) is 9.63 Å². The number of hydrogen-bond donors (Lipinski definition) is 1. The molecule has 0 saturated heterocycles. The Kier molecular flexibility index (Phi) is 5.81. The standard InChI is InChI=1S/C16H14Cl2N2O2/c1-11(12-2-4-13(17)5-3-12)20-22-10-16(21)19-15-8-6-14(18)7-9-15/h2-9H,10H2,1H3,(H,19,21). The molecule has 2 aromatic carbocycles. The van der Waals surface area contributed by atoms with Gasteiger partial charge in [-0.1, -0.05) is 40.5 Å². The number of carbonyl (C=O) groups excluding carboxylic acids is 1. The molecule has 1 amide bonds. The van der Waals surface area contributed by atoms with Crippen LogP contribution in [0.15, 0.2) is 53.7 Å². The van der Waals surface area contributed by atoms with E-state index in [0.29, 0.717) is 21.4 Å². The van der Waals surface area contributed by atoms with E-state index in [1.165, 1.54) is 0 Å². The molecule has 0 spiro atoms. The fourth-order valence-electron chi connectivity index (χ4n) is 1.66. The molecule has 0 saturated carbocycles. The normalized spacial score (nSPS) is 11.1. The van der Waals surface area contributed by atoms with Crippen molar-refractivity contribution in [3.8, 4) is 0 Å². The van der Waals surface area contributed by atoms with E-state index in [2.05, 4.69) is 10.5 Å². The van der Waals surface area contributed by atoms with Crippen LogP contribution in [0.1, 0.15) is 12.5 Å². The van der Waals surface area contributed by atoms with Crippen LogP contribution in [-0.4, -0.2) is 18.2 Å². The Morgan fingerprint density at radius 3 is 2.18 bits per heavy atom. The predicted octanol–water partition coefficient (Wildman–Crippen LogP) is 4.37. The number of hydrogen-bond acceptors (Lipinski definition) is 3. The molecule has 1 N–H and O–H groups in total. The van der Waals surface area contributed by atoms with Crippen molar-refractivity contribution in [1.82, 2.24) is 0 Å². The Morgan fingerprint density at radius 2 is 1.59 bits per heavy atom. The number of halogens is 2. The van der Waals surface area contributed by atoms with Crippen molar-refractivity contribution >= 4 is 40.5 Å². The molecular formula is C16H14Cl2N2O2. The topological polar surface area (TPSA) is 50.7 Å². The molecule has 114 valence electrons. The molecule has 0 aromatic heterocycles. The van der Waals surface area contributed by atoms with Crippen LogP contribution in [0.25, 0.3) is 0 Å². The first-order chi connectivity index (χ1) is 10.5. The number of nitrogens with one attached hydrogen (secondary N) is 1. The lowest BCUT2D eigenvalue weighted by Crippen LogP contribution is -2.17. The molecule has 6 heteroatoms. The minimum absolute atomic E-state index is 0.173. The fraction of sp³-hybridized carbons (Fsp3) is 0.125. The van der Waals surface area contributed by atoms with Gasteiger partial charge in [0.15, 0.2) is 6.61 Å². The van der Waals surface area contributed by atoms with Gasteiger partial charge in [0.05, 0.1) is 5.71 Å². The Balaban J connectivity index is 1.84. The number of benzene rings is 2. The molecule has 2 aromatic rings. The maximum absolute atomic E-state index is 11.7. The second-order valence-electron chi connectivity index (χ2n) is 4.51. The zero-order valence-electron chi connectivity index (χ0n) is 11.8. The second-order valence-corrected chi connectivity index (χ2v) is 5.38. The van der Waals surface area contributed by atoms with Gasteiger partial charge < -0.3 is 10.2 Å². The van der Waals surface area contributed by atoms with E-state index in [9.17, 15) is 4.79 Å².